The van der Waals surface area contributed by atoms with Crippen molar-refractivity contribution in [3.05, 3.63) is 35.5 Å². The van der Waals surface area contributed by atoms with E-state index in [4.69, 9.17) is 0 Å². The Morgan fingerprint density at radius 1 is 1.14 bits per heavy atom. The number of hydrogen-bond acceptors (Lipinski definition) is 0. The molecule has 4 atom stereocenters. The number of nitrogens with one attached hydrogen (secondary N) is 1. The number of piperidine rings is 1. The van der Waals surface area contributed by atoms with Crippen LogP contribution in [0.3, 0.4) is 0 Å². The van der Waals surface area contributed by atoms with Gasteiger partial charge in [0.1, 0.15) is 6.04 Å². The molecule has 0 radical (unpaired) electrons. The minimum atomic E-state index is 0.684. The van der Waals surface area contributed by atoms with Crippen molar-refractivity contribution < 1.29 is 4.48 Å². The summed E-state index contributed by atoms with van der Waals surface area (Å²) in [6, 6.07) is 9.56. The van der Waals surface area contributed by atoms with Crippen LogP contribution in [0.25, 0.3) is 10.9 Å². The van der Waals surface area contributed by atoms with Gasteiger partial charge in [-0.05, 0) is 24.0 Å². The summed E-state index contributed by atoms with van der Waals surface area (Å²) in [6.07, 6.45) is 5.29. The normalized spacial score (nSPS) is 34.4. The van der Waals surface area contributed by atoms with Gasteiger partial charge in [-0.2, -0.15) is 0 Å². The third-order valence-electron chi connectivity index (χ3n) is 6.70. The van der Waals surface area contributed by atoms with Crippen molar-refractivity contribution in [2.75, 3.05) is 20.1 Å². The molecule has 1 saturated heterocycles. The number of H-pyrrole nitrogens is 1. The molecule has 22 heavy (non-hydrogen) atoms. The maximum atomic E-state index is 3.80. The summed E-state index contributed by atoms with van der Waals surface area (Å²) < 4.78 is 1.26. The monoisotopic (exact) mass is 297 g/mol. The van der Waals surface area contributed by atoms with Gasteiger partial charge in [-0.25, -0.2) is 0 Å². The van der Waals surface area contributed by atoms with Crippen LogP contribution >= 0.6 is 0 Å². The second-order valence-corrected chi connectivity index (χ2v) is 7.79. The van der Waals surface area contributed by atoms with E-state index >= 15 is 0 Å². The van der Waals surface area contributed by atoms with E-state index in [0.29, 0.717) is 6.04 Å². The molecule has 3 heterocycles. The number of aromatic amines is 1. The highest BCUT2D eigenvalue weighted by atomic mass is 15.4. The minimum absolute atomic E-state index is 0.684. The largest absolute Gasteiger partial charge is 0.353 e. The zero-order valence-electron chi connectivity index (χ0n) is 14.2. The Bertz CT molecular complexity index is 686. The van der Waals surface area contributed by atoms with Crippen LogP contribution in [0.15, 0.2) is 24.3 Å². The number of para-hydroxylation sites is 1. The number of benzene rings is 1. The van der Waals surface area contributed by atoms with Crippen molar-refractivity contribution in [3.63, 3.8) is 0 Å². The first kappa shape index (κ1) is 14.3. The standard InChI is InChI=1S/C20H29N2/c1-4-14-12-19-20-17(16-8-6-7-9-18(16)21-20)10-11-22(19,3)13-15(14)5-2/h6-9,14-15,19,21H,4-5,10-13H2,1-3H3/q+1/t14-,15-,19-,22?/m0/s1. The highest BCUT2D eigenvalue weighted by Gasteiger charge is 2.48. The number of aromatic nitrogens is 1. The van der Waals surface area contributed by atoms with Gasteiger partial charge in [0.2, 0.25) is 0 Å². The van der Waals surface area contributed by atoms with E-state index in [-0.39, 0.29) is 0 Å². The second-order valence-electron chi connectivity index (χ2n) is 7.79. The van der Waals surface area contributed by atoms with Crippen molar-refractivity contribution in [2.24, 2.45) is 11.8 Å². The minimum Gasteiger partial charge on any atom is -0.353 e. The summed E-state index contributed by atoms with van der Waals surface area (Å²) in [4.78, 5) is 3.80. The molecule has 2 aromatic rings. The molecule has 2 aliphatic rings. The fraction of sp³-hybridized carbons (Fsp3) is 0.600. The molecule has 0 saturated carbocycles. The van der Waals surface area contributed by atoms with E-state index in [1.54, 1.807) is 11.3 Å². The predicted molar refractivity (Wildman–Crippen MR) is 92.8 cm³/mol. The fourth-order valence-corrected chi connectivity index (χ4v) is 5.33. The lowest BCUT2D eigenvalue weighted by Gasteiger charge is -2.52. The molecule has 0 amide bonds. The van der Waals surface area contributed by atoms with Crippen molar-refractivity contribution >= 4 is 10.9 Å². The van der Waals surface area contributed by atoms with E-state index in [0.717, 1.165) is 11.8 Å². The maximum Gasteiger partial charge on any atom is 0.130 e. The molecule has 1 aromatic heterocycles. The van der Waals surface area contributed by atoms with E-state index in [1.165, 1.54) is 54.2 Å². The lowest BCUT2D eigenvalue weighted by Crippen LogP contribution is -2.58. The van der Waals surface area contributed by atoms with Gasteiger partial charge in [0, 0.05) is 29.7 Å². The lowest BCUT2D eigenvalue weighted by atomic mass is 9.75. The van der Waals surface area contributed by atoms with Crippen molar-refractivity contribution in [1.82, 2.24) is 4.98 Å². The third-order valence-corrected chi connectivity index (χ3v) is 6.70. The molecule has 1 fully saturated rings. The van der Waals surface area contributed by atoms with Crippen molar-refractivity contribution in [1.29, 1.82) is 0 Å². The smallest absolute Gasteiger partial charge is 0.130 e. The highest BCUT2D eigenvalue weighted by molar-refractivity contribution is 5.85. The molecule has 0 bridgehead atoms. The number of quaternary nitrogens is 1. The Morgan fingerprint density at radius 3 is 2.68 bits per heavy atom. The van der Waals surface area contributed by atoms with E-state index in [2.05, 4.69) is 50.1 Å². The summed E-state index contributed by atoms with van der Waals surface area (Å²) in [5, 5.41) is 1.47. The molecule has 1 N–H and O–H groups in total. The van der Waals surface area contributed by atoms with Crippen LogP contribution in [0.4, 0.5) is 0 Å². The highest BCUT2D eigenvalue weighted by Crippen LogP contribution is 2.48. The summed E-state index contributed by atoms with van der Waals surface area (Å²) in [5.74, 6) is 1.82. The summed E-state index contributed by atoms with van der Waals surface area (Å²) in [5.41, 5.74) is 4.51. The number of likely N-dealkylation sites (N-methyl/N-ethyl adjacent to an activating group) is 1. The molecule has 4 rings (SSSR count). The summed E-state index contributed by atoms with van der Waals surface area (Å²) in [6.45, 7) is 7.46. The molecule has 2 aliphatic heterocycles. The van der Waals surface area contributed by atoms with E-state index < -0.39 is 0 Å². The summed E-state index contributed by atoms with van der Waals surface area (Å²) >= 11 is 0. The predicted octanol–water partition coefficient (Wildman–Crippen LogP) is 4.67. The molecule has 118 valence electrons. The van der Waals surface area contributed by atoms with Gasteiger partial charge in [0.05, 0.1) is 25.8 Å². The van der Waals surface area contributed by atoms with Gasteiger partial charge in [0.25, 0.3) is 0 Å². The Morgan fingerprint density at radius 2 is 1.91 bits per heavy atom. The molecule has 0 aliphatic carbocycles. The van der Waals surface area contributed by atoms with Crippen LogP contribution in [0.2, 0.25) is 0 Å². The number of nitrogens with zero attached hydrogens (tertiary/aromatic N) is 1. The third kappa shape index (κ3) is 1.96. The number of rotatable bonds is 2. The van der Waals surface area contributed by atoms with Gasteiger partial charge in [-0.1, -0.05) is 38.5 Å². The van der Waals surface area contributed by atoms with Gasteiger partial charge >= 0.3 is 0 Å². The average molecular weight is 297 g/mol. The first-order chi connectivity index (χ1) is 10.7. The Kier molecular flexibility index (Phi) is 3.34. The SMILES string of the molecule is CC[C@H]1C[C@H]2c3[nH]c4ccccc4c3CC[N+]2(C)C[C@@H]1CC. The Hall–Kier alpha value is -1.28. The zero-order chi connectivity index (χ0) is 15.3. The lowest BCUT2D eigenvalue weighted by molar-refractivity contribution is -0.951. The Balaban J connectivity index is 1.80. The molecular formula is C20H29N2+. The van der Waals surface area contributed by atoms with Crippen LogP contribution in [-0.2, 0) is 6.42 Å². The summed E-state index contributed by atoms with van der Waals surface area (Å²) in [7, 11) is 2.51. The quantitative estimate of drug-likeness (QED) is 0.775. The fourth-order valence-electron chi connectivity index (χ4n) is 5.33. The van der Waals surface area contributed by atoms with Crippen molar-refractivity contribution in [3.8, 4) is 0 Å². The van der Waals surface area contributed by atoms with Gasteiger partial charge in [-0.15, -0.1) is 0 Å². The first-order valence-corrected chi connectivity index (χ1v) is 9.10. The second kappa shape index (κ2) is 5.13. The van der Waals surface area contributed by atoms with Crippen LogP contribution in [0, 0.1) is 11.8 Å². The Labute approximate surface area is 134 Å². The first-order valence-electron chi connectivity index (χ1n) is 9.10. The molecule has 1 aromatic carbocycles. The van der Waals surface area contributed by atoms with Gasteiger partial charge in [0.15, 0.2) is 0 Å². The van der Waals surface area contributed by atoms with E-state index in [1.807, 2.05) is 0 Å². The number of hydrogen-bond donors (Lipinski definition) is 1. The molecule has 1 unspecified atom stereocenters. The van der Waals surface area contributed by atoms with Gasteiger partial charge < -0.3 is 9.47 Å². The van der Waals surface area contributed by atoms with Crippen LogP contribution in [0.1, 0.15) is 50.4 Å². The maximum absolute atomic E-state index is 3.80. The molecule has 0 spiro atoms. The van der Waals surface area contributed by atoms with Crippen molar-refractivity contribution in [2.45, 2.75) is 45.6 Å². The van der Waals surface area contributed by atoms with Crippen LogP contribution in [0.5, 0.6) is 0 Å². The number of fused-ring (bicyclic) bond motifs is 5. The van der Waals surface area contributed by atoms with Crippen LogP contribution < -0.4 is 0 Å². The zero-order valence-corrected chi connectivity index (χ0v) is 14.2. The van der Waals surface area contributed by atoms with Crippen LogP contribution in [-0.4, -0.2) is 29.6 Å². The molecule has 2 heteroatoms. The van der Waals surface area contributed by atoms with E-state index in [9.17, 15) is 0 Å². The van der Waals surface area contributed by atoms with Gasteiger partial charge in [-0.3, -0.25) is 0 Å². The topological polar surface area (TPSA) is 15.8 Å². The average Bonchev–Trinajstić information content (AvgIpc) is 2.92. The molecular weight excluding hydrogens is 268 g/mol. The molecule has 2 nitrogen and oxygen atoms in total.